The van der Waals surface area contributed by atoms with Gasteiger partial charge in [0, 0.05) is 30.1 Å². The van der Waals surface area contributed by atoms with E-state index < -0.39 is 0 Å². The molecule has 0 spiro atoms. The summed E-state index contributed by atoms with van der Waals surface area (Å²) < 4.78 is 6.98. The highest BCUT2D eigenvalue weighted by Crippen LogP contribution is 2.24. The first-order valence-electron chi connectivity index (χ1n) is 9.23. The van der Waals surface area contributed by atoms with Crippen LogP contribution in [0.15, 0.2) is 85.2 Å². The van der Waals surface area contributed by atoms with E-state index in [1.807, 2.05) is 72.8 Å². The third kappa shape index (κ3) is 4.01. The number of rotatable bonds is 6. The molecule has 1 N–H and O–H groups in total. The zero-order valence-corrected chi connectivity index (χ0v) is 15.9. The smallest absolute Gasteiger partial charge is 0.255 e. The Balaban J connectivity index is 1.66. The fourth-order valence-corrected chi connectivity index (χ4v) is 3.08. The van der Waals surface area contributed by atoms with Gasteiger partial charge in [0.05, 0.1) is 18.4 Å². The standard InChI is InChI=1S/C23H20N4O2/c1-29-23-18(11-8-14-24-23)15-25-22(28)20-16-27(19-12-6-3-7-13-19)26-21(20)17-9-4-2-5-10-17/h2-14,16H,15H2,1H3,(H,25,28). The summed E-state index contributed by atoms with van der Waals surface area (Å²) in [5, 5.41) is 7.63. The molecule has 0 fully saturated rings. The van der Waals surface area contributed by atoms with Crippen LogP contribution in [0.5, 0.6) is 5.88 Å². The molecule has 1 amide bonds. The highest BCUT2D eigenvalue weighted by atomic mass is 16.5. The fourth-order valence-electron chi connectivity index (χ4n) is 3.08. The van der Waals surface area contributed by atoms with Crippen molar-refractivity contribution >= 4 is 5.91 Å². The van der Waals surface area contributed by atoms with Gasteiger partial charge >= 0.3 is 0 Å². The molecule has 6 nitrogen and oxygen atoms in total. The monoisotopic (exact) mass is 384 g/mol. The summed E-state index contributed by atoms with van der Waals surface area (Å²) in [6.07, 6.45) is 3.41. The van der Waals surface area contributed by atoms with Gasteiger partial charge in [0.25, 0.3) is 5.91 Å². The molecule has 0 bridgehead atoms. The number of hydrogen-bond donors (Lipinski definition) is 1. The average Bonchev–Trinajstić information content (AvgIpc) is 3.24. The van der Waals surface area contributed by atoms with Crippen molar-refractivity contribution in [2.24, 2.45) is 0 Å². The fraction of sp³-hybridized carbons (Fsp3) is 0.0870. The van der Waals surface area contributed by atoms with Crippen LogP contribution in [-0.4, -0.2) is 27.8 Å². The molecule has 2 aromatic heterocycles. The molecule has 29 heavy (non-hydrogen) atoms. The van der Waals surface area contributed by atoms with Crippen molar-refractivity contribution in [2.75, 3.05) is 7.11 Å². The minimum Gasteiger partial charge on any atom is -0.481 e. The number of methoxy groups -OCH3 is 1. The van der Waals surface area contributed by atoms with Crippen LogP contribution in [0.3, 0.4) is 0 Å². The Kier molecular flexibility index (Phi) is 5.33. The van der Waals surface area contributed by atoms with Gasteiger partial charge in [-0.2, -0.15) is 5.10 Å². The normalized spacial score (nSPS) is 10.5. The quantitative estimate of drug-likeness (QED) is 0.548. The number of nitrogens with one attached hydrogen (secondary N) is 1. The first-order chi connectivity index (χ1) is 14.3. The Morgan fingerprint density at radius 1 is 1.00 bits per heavy atom. The topological polar surface area (TPSA) is 69.0 Å². The average molecular weight is 384 g/mol. The minimum atomic E-state index is -0.211. The van der Waals surface area contributed by atoms with Crippen LogP contribution in [0.2, 0.25) is 0 Å². The van der Waals surface area contributed by atoms with Crippen LogP contribution in [-0.2, 0) is 6.54 Å². The molecule has 6 heteroatoms. The number of nitrogens with zero attached hydrogens (tertiary/aromatic N) is 3. The Hall–Kier alpha value is -3.93. The first-order valence-corrected chi connectivity index (χ1v) is 9.23. The maximum Gasteiger partial charge on any atom is 0.255 e. The van der Waals surface area contributed by atoms with Gasteiger partial charge in [-0.1, -0.05) is 54.6 Å². The molecule has 0 radical (unpaired) electrons. The molecule has 0 unspecified atom stereocenters. The predicted octanol–water partition coefficient (Wildman–Crippen LogP) is 3.87. The lowest BCUT2D eigenvalue weighted by atomic mass is 10.1. The molecule has 144 valence electrons. The summed E-state index contributed by atoms with van der Waals surface area (Å²) in [6.45, 7) is 0.306. The van der Waals surface area contributed by atoms with Gasteiger partial charge in [0.15, 0.2) is 0 Å². The van der Waals surface area contributed by atoms with Crippen LogP contribution in [0, 0.1) is 0 Å². The number of pyridine rings is 1. The Morgan fingerprint density at radius 3 is 2.45 bits per heavy atom. The van der Waals surface area contributed by atoms with E-state index in [4.69, 9.17) is 4.74 Å². The molecule has 0 aliphatic carbocycles. The second-order valence-electron chi connectivity index (χ2n) is 6.39. The summed E-state index contributed by atoms with van der Waals surface area (Å²) in [4.78, 5) is 17.2. The lowest BCUT2D eigenvalue weighted by Gasteiger charge is -2.08. The second-order valence-corrected chi connectivity index (χ2v) is 6.39. The van der Waals surface area contributed by atoms with Crippen LogP contribution in [0.1, 0.15) is 15.9 Å². The van der Waals surface area contributed by atoms with Crippen LogP contribution < -0.4 is 10.1 Å². The Labute approximate surface area is 168 Å². The van der Waals surface area contributed by atoms with E-state index in [9.17, 15) is 4.79 Å². The maximum absolute atomic E-state index is 13.0. The van der Waals surface area contributed by atoms with E-state index in [-0.39, 0.29) is 5.91 Å². The van der Waals surface area contributed by atoms with Crippen LogP contribution in [0.25, 0.3) is 16.9 Å². The van der Waals surface area contributed by atoms with Crippen molar-refractivity contribution in [3.05, 3.63) is 96.3 Å². The van der Waals surface area contributed by atoms with Gasteiger partial charge < -0.3 is 10.1 Å². The summed E-state index contributed by atoms with van der Waals surface area (Å²) in [6, 6.07) is 23.1. The van der Waals surface area contributed by atoms with Crippen molar-refractivity contribution in [1.29, 1.82) is 0 Å². The summed E-state index contributed by atoms with van der Waals surface area (Å²) >= 11 is 0. The highest BCUT2D eigenvalue weighted by molar-refractivity contribution is 5.99. The van der Waals surface area contributed by atoms with E-state index in [1.54, 1.807) is 24.2 Å². The first kappa shape index (κ1) is 18.4. The van der Waals surface area contributed by atoms with Crippen molar-refractivity contribution < 1.29 is 9.53 Å². The molecule has 0 aliphatic rings. The number of carbonyl (C=O) groups is 1. The molecule has 2 heterocycles. The van der Waals surface area contributed by atoms with Crippen molar-refractivity contribution in [3.8, 4) is 22.8 Å². The summed E-state index contributed by atoms with van der Waals surface area (Å²) in [5.41, 5.74) is 3.71. The Morgan fingerprint density at radius 2 is 1.72 bits per heavy atom. The third-order valence-corrected chi connectivity index (χ3v) is 4.51. The zero-order valence-electron chi connectivity index (χ0n) is 15.9. The minimum absolute atomic E-state index is 0.211. The molecule has 0 atom stereocenters. The van der Waals surface area contributed by atoms with Crippen molar-refractivity contribution in [1.82, 2.24) is 20.1 Å². The lowest BCUT2D eigenvalue weighted by molar-refractivity contribution is 0.0951. The number of ether oxygens (including phenoxy) is 1. The van der Waals surface area contributed by atoms with E-state index in [0.29, 0.717) is 23.7 Å². The van der Waals surface area contributed by atoms with Gasteiger partial charge in [0.1, 0.15) is 5.69 Å². The number of amides is 1. The van der Waals surface area contributed by atoms with E-state index in [1.165, 1.54) is 0 Å². The van der Waals surface area contributed by atoms with Crippen molar-refractivity contribution in [3.63, 3.8) is 0 Å². The molecule has 0 saturated heterocycles. The van der Waals surface area contributed by atoms with Gasteiger partial charge in [0.2, 0.25) is 5.88 Å². The second kappa shape index (κ2) is 8.39. The van der Waals surface area contributed by atoms with Gasteiger partial charge in [-0.15, -0.1) is 0 Å². The summed E-state index contributed by atoms with van der Waals surface area (Å²) in [7, 11) is 1.56. The zero-order chi connectivity index (χ0) is 20.1. The van der Waals surface area contributed by atoms with E-state index >= 15 is 0 Å². The van der Waals surface area contributed by atoms with Gasteiger partial charge in [-0.3, -0.25) is 4.79 Å². The maximum atomic E-state index is 13.0. The number of carbonyl (C=O) groups excluding carboxylic acids is 1. The number of aromatic nitrogens is 3. The molecule has 4 rings (SSSR count). The highest BCUT2D eigenvalue weighted by Gasteiger charge is 2.19. The molecular formula is C23H20N4O2. The lowest BCUT2D eigenvalue weighted by Crippen LogP contribution is -2.23. The van der Waals surface area contributed by atoms with Crippen molar-refractivity contribution in [2.45, 2.75) is 6.54 Å². The SMILES string of the molecule is COc1ncccc1CNC(=O)c1cn(-c2ccccc2)nc1-c1ccccc1. The number of benzene rings is 2. The molecule has 0 saturated carbocycles. The third-order valence-electron chi connectivity index (χ3n) is 4.51. The van der Waals surface area contributed by atoms with E-state index in [0.717, 1.165) is 16.8 Å². The molecule has 2 aromatic carbocycles. The van der Waals surface area contributed by atoms with E-state index in [2.05, 4.69) is 15.4 Å². The van der Waals surface area contributed by atoms with Gasteiger partial charge in [-0.25, -0.2) is 9.67 Å². The molecule has 4 aromatic rings. The Bertz CT molecular complexity index is 1110. The summed E-state index contributed by atoms with van der Waals surface area (Å²) in [5.74, 6) is 0.285. The van der Waals surface area contributed by atoms with Crippen LogP contribution >= 0.6 is 0 Å². The largest absolute Gasteiger partial charge is 0.481 e. The van der Waals surface area contributed by atoms with Crippen LogP contribution in [0.4, 0.5) is 0 Å². The molecular weight excluding hydrogens is 364 g/mol. The predicted molar refractivity (Wildman–Crippen MR) is 111 cm³/mol. The van der Waals surface area contributed by atoms with Gasteiger partial charge in [-0.05, 0) is 18.2 Å². The molecule has 0 aliphatic heterocycles. The number of hydrogen-bond acceptors (Lipinski definition) is 4. The number of para-hydroxylation sites is 1.